The molecule has 2 aromatic rings. The quantitative estimate of drug-likeness (QED) is 0.330. The monoisotopic (exact) mass is 465 g/mol. The van der Waals surface area contributed by atoms with E-state index in [1.807, 2.05) is 38.1 Å². The van der Waals surface area contributed by atoms with Crippen molar-refractivity contribution in [3.63, 3.8) is 0 Å². The molecule has 6 heteroatoms. The van der Waals surface area contributed by atoms with E-state index in [4.69, 9.17) is 9.47 Å². The zero-order chi connectivity index (χ0) is 25.2. The largest absolute Gasteiger partial charge is 0.507 e. The number of hydrogen-bond donors (Lipinski definition) is 1. The van der Waals surface area contributed by atoms with Crippen molar-refractivity contribution in [3.05, 3.63) is 64.2 Å². The van der Waals surface area contributed by atoms with Gasteiger partial charge in [-0.15, -0.1) is 0 Å². The number of carbonyl (C=O) groups excluding carboxylic acids is 2. The number of benzene rings is 2. The number of methoxy groups -OCH3 is 2. The first-order valence-electron chi connectivity index (χ1n) is 11.7. The number of aryl methyl sites for hydroxylation is 1. The average molecular weight is 466 g/mol. The Kier molecular flexibility index (Phi) is 7.39. The molecule has 1 heterocycles. The molecule has 1 aliphatic heterocycles. The lowest BCUT2D eigenvalue weighted by molar-refractivity contribution is -0.139. The van der Waals surface area contributed by atoms with Crippen molar-refractivity contribution in [2.24, 2.45) is 0 Å². The molecule has 3 rings (SSSR count). The molecule has 0 bridgehead atoms. The number of hydrogen-bond acceptors (Lipinski definition) is 5. The van der Waals surface area contributed by atoms with Crippen LogP contribution in [0.4, 0.5) is 0 Å². The molecule has 0 aromatic heterocycles. The first-order valence-corrected chi connectivity index (χ1v) is 11.7. The minimum atomic E-state index is -0.718. The van der Waals surface area contributed by atoms with E-state index in [1.54, 1.807) is 24.1 Å². The molecule has 0 aliphatic carbocycles. The standard InChI is InChI=1S/C28H35NO5/c1-8-9-14-29-24(18-11-13-21(33-6)22(15-18)34-7)23(26(31)27(29)32)25(30)20-16-19(28(3,4)5)12-10-17(20)2/h10-13,15-16,24,30H,8-9,14H2,1-7H3/b25-23+. The summed E-state index contributed by atoms with van der Waals surface area (Å²) in [7, 11) is 3.09. The van der Waals surface area contributed by atoms with E-state index in [0.29, 0.717) is 29.2 Å². The van der Waals surface area contributed by atoms with Crippen LogP contribution in [0.3, 0.4) is 0 Å². The number of likely N-dealkylation sites (tertiary alicyclic amines) is 1. The third kappa shape index (κ3) is 4.67. The number of amides is 1. The molecule has 0 saturated carbocycles. The summed E-state index contributed by atoms with van der Waals surface area (Å²) in [5, 5.41) is 11.5. The SMILES string of the molecule is CCCCN1C(=O)C(=O)/C(=C(/O)c2cc(C(C)(C)C)ccc2C)C1c1ccc(OC)c(OC)c1. The average Bonchev–Trinajstić information content (AvgIpc) is 3.06. The van der Waals surface area contributed by atoms with Gasteiger partial charge in [0.15, 0.2) is 11.5 Å². The second-order valence-corrected chi connectivity index (χ2v) is 9.74. The van der Waals surface area contributed by atoms with Gasteiger partial charge in [0.1, 0.15) is 5.76 Å². The van der Waals surface area contributed by atoms with Crippen molar-refractivity contribution in [1.82, 2.24) is 4.90 Å². The number of rotatable bonds is 7. The minimum absolute atomic E-state index is 0.0995. The Balaban J connectivity index is 2.26. The molecule has 1 aliphatic rings. The van der Waals surface area contributed by atoms with Gasteiger partial charge in [-0.05, 0) is 53.6 Å². The Morgan fingerprint density at radius 1 is 1.03 bits per heavy atom. The minimum Gasteiger partial charge on any atom is -0.507 e. The highest BCUT2D eigenvalue weighted by Crippen LogP contribution is 2.42. The van der Waals surface area contributed by atoms with Crippen LogP contribution < -0.4 is 9.47 Å². The molecule has 1 amide bonds. The summed E-state index contributed by atoms with van der Waals surface area (Å²) in [6, 6.07) is 10.5. The summed E-state index contributed by atoms with van der Waals surface area (Å²) >= 11 is 0. The molecule has 0 radical (unpaired) electrons. The van der Waals surface area contributed by atoms with Gasteiger partial charge < -0.3 is 19.5 Å². The van der Waals surface area contributed by atoms with E-state index in [1.165, 1.54) is 7.11 Å². The lowest BCUT2D eigenvalue weighted by Gasteiger charge is -2.26. The van der Waals surface area contributed by atoms with E-state index in [2.05, 4.69) is 20.8 Å². The molecular formula is C28H35NO5. The molecule has 6 nitrogen and oxygen atoms in total. The number of carbonyl (C=O) groups is 2. The highest BCUT2D eigenvalue weighted by atomic mass is 16.5. The first-order chi connectivity index (χ1) is 16.0. The van der Waals surface area contributed by atoms with Gasteiger partial charge in [-0.1, -0.05) is 52.3 Å². The van der Waals surface area contributed by atoms with Crippen molar-refractivity contribution >= 4 is 17.4 Å². The van der Waals surface area contributed by atoms with E-state index in [-0.39, 0.29) is 16.7 Å². The van der Waals surface area contributed by atoms with Crippen LogP contribution in [-0.2, 0) is 15.0 Å². The zero-order valence-electron chi connectivity index (χ0n) is 21.2. The summed E-state index contributed by atoms with van der Waals surface area (Å²) in [5.74, 6) is -0.383. The highest BCUT2D eigenvalue weighted by Gasteiger charge is 2.46. The summed E-state index contributed by atoms with van der Waals surface area (Å²) in [4.78, 5) is 27.9. The Hall–Kier alpha value is -3.28. The normalized spacial score (nSPS) is 17.9. The molecule has 34 heavy (non-hydrogen) atoms. The summed E-state index contributed by atoms with van der Waals surface area (Å²) in [6.07, 6.45) is 1.61. The summed E-state index contributed by atoms with van der Waals surface area (Å²) in [6.45, 7) is 10.6. The topological polar surface area (TPSA) is 76.1 Å². The fraction of sp³-hybridized carbons (Fsp3) is 0.429. The van der Waals surface area contributed by atoms with Crippen molar-refractivity contribution in [1.29, 1.82) is 0 Å². The van der Waals surface area contributed by atoms with E-state index in [9.17, 15) is 14.7 Å². The molecule has 1 atom stereocenters. The van der Waals surface area contributed by atoms with Gasteiger partial charge in [-0.2, -0.15) is 0 Å². The fourth-order valence-corrected chi connectivity index (χ4v) is 4.30. The molecule has 1 fully saturated rings. The van der Waals surface area contributed by atoms with Crippen LogP contribution in [0.15, 0.2) is 42.0 Å². The summed E-state index contributed by atoms with van der Waals surface area (Å²) in [5.41, 5.74) is 3.06. The van der Waals surface area contributed by atoms with Crippen molar-refractivity contribution in [3.8, 4) is 11.5 Å². The Bertz CT molecular complexity index is 1130. The van der Waals surface area contributed by atoms with Gasteiger partial charge in [-0.3, -0.25) is 9.59 Å². The van der Waals surface area contributed by atoms with Gasteiger partial charge in [0.05, 0.1) is 25.8 Å². The number of aliphatic hydroxyl groups excluding tert-OH is 1. The number of Topliss-reactive ketones (excluding diaryl/α,β-unsaturated/α-hetero) is 1. The van der Waals surface area contributed by atoms with Gasteiger partial charge in [0.2, 0.25) is 0 Å². The third-order valence-electron chi connectivity index (χ3n) is 6.37. The predicted molar refractivity (Wildman–Crippen MR) is 133 cm³/mol. The molecule has 1 unspecified atom stereocenters. The van der Waals surface area contributed by atoms with E-state index >= 15 is 0 Å². The van der Waals surface area contributed by atoms with Gasteiger partial charge >= 0.3 is 0 Å². The second kappa shape index (κ2) is 9.92. The maximum absolute atomic E-state index is 13.3. The van der Waals surface area contributed by atoms with Gasteiger partial charge in [0.25, 0.3) is 11.7 Å². The number of nitrogens with zero attached hydrogens (tertiary/aromatic N) is 1. The number of unbranched alkanes of at least 4 members (excludes halogenated alkanes) is 1. The molecular weight excluding hydrogens is 430 g/mol. The molecule has 182 valence electrons. The van der Waals surface area contributed by atoms with Crippen LogP contribution >= 0.6 is 0 Å². The predicted octanol–water partition coefficient (Wildman–Crippen LogP) is 5.53. The lowest BCUT2D eigenvalue weighted by atomic mass is 9.84. The zero-order valence-corrected chi connectivity index (χ0v) is 21.2. The molecule has 1 saturated heterocycles. The van der Waals surface area contributed by atoms with Crippen LogP contribution in [0.5, 0.6) is 11.5 Å². The van der Waals surface area contributed by atoms with Crippen LogP contribution in [0.25, 0.3) is 5.76 Å². The van der Waals surface area contributed by atoms with Crippen molar-refractivity contribution < 1.29 is 24.2 Å². The number of ketones is 1. The van der Waals surface area contributed by atoms with Gasteiger partial charge in [0, 0.05) is 12.1 Å². The number of ether oxygens (including phenoxy) is 2. The van der Waals surface area contributed by atoms with Crippen LogP contribution in [-0.4, -0.2) is 42.5 Å². The Morgan fingerprint density at radius 3 is 2.29 bits per heavy atom. The van der Waals surface area contributed by atoms with Crippen molar-refractivity contribution in [2.75, 3.05) is 20.8 Å². The van der Waals surface area contributed by atoms with E-state index in [0.717, 1.165) is 24.0 Å². The van der Waals surface area contributed by atoms with Gasteiger partial charge in [-0.25, -0.2) is 0 Å². The maximum Gasteiger partial charge on any atom is 0.295 e. The molecule has 2 aromatic carbocycles. The highest BCUT2D eigenvalue weighted by molar-refractivity contribution is 6.46. The van der Waals surface area contributed by atoms with Crippen LogP contribution in [0, 0.1) is 6.92 Å². The Morgan fingerprint density at radius 2 is 1.71 bits per heavy atom. The third-order valence-corrected chi connectivity index (χ3v) is 6.37. The lowest BCUT2D eigenvalue weighted by Crippen LogP contribution is -2.30. The molecule has 0 spiro atoms. The first kappa shape index (κ1) is 25.3. The fourth-order valence-electron chi connectivity index (χ4n) is 4.30. The Labute approximate surface area is 202 Å². The van der Waals surface area contributed by atoms with Crippen molar-refractivity contribution in [2.45, 2.75) is 58.9 Å². The summed E-state index contributed by atoms with van der Waals surface area (Å²) < 4.78 is 10.8. The van der Waals surface area contributed by atoms with E-state index < -0.39 is 17.7 Å². The van der Waals surface area contributed by atoms with Crippen LogP contribution in [0.1, 0.15) is 68.8 Å². The number of aliphatic hydroxyl groups is 1. The molecule has 1 N–H and O–H groups in total. The van der Waals surface area contributed by atoms with Crippen LogP contribution in [0.2, 0.25) is 0 Å². The maximum atomic E-state index is 13.3. The smallest absolute Gasteiger partial charge is 0.295 e. The second-order valence-electron chi connectivity index (χ2n) is 9.74.